The molecule has 1 heterocycles. The van der Waals surface area contributed by atoms with Crippen LogP contribution in [0.15, 0.2) is 30.5 Å². The van der Waals surface area contributed by atoms with Crippen LogP contribution in [0.4, 0.5) is 0 Å². The van der Waals surface area contributed by atoms with E-state index < -0.39 is 0 Å². The fourth-order valence-electron chi connectivity index (χ4n) is 1.90. The van der Waals surface area contributed by atoms with Crippen molar-refractivity contribution in [2.24, 2.45) is 0 Å². The number of aryl methyl sites for hydroxylation is 1. The van der Waals surface area contributed by atoms with Gasteiger partial charge >= 0.3 is 0 Å². The van der Waals surface area contributed by atoms with Crippen molar-refractivity contribution in [3.63, 3.8) is 0 Å². The number of nitrogens with zero attached hydrogens (tertiary/aromatic N) is 2. The molecule has 3 heteroatoms. The highest BCUT2D eigenvalue weighted by atomic mass is 35.5. The third-order valence-electron chi connectivity index (χ3n) is 3.02. The van der Waals surface area contributed by atoms with E-state index in [4.69, 9.17) is 11.6 Å². The average Bonchev–Trinajstić information content (AvgIpc) is 3.01. The van der Waals surface area contributed by atoms with Crippen LogP contribution in [-0.2, 0) is 0 Å². The first-order valence-corrected chi connectivity index (χ1v) is 5.94. The maximum atomic E-state index is 6.01. The van der Waals surface area contributed by atoms with Gasteiger partial charge in [0.05, 0.1) is 11.4 Å². The van der Waals surface area contributed by atoms with E-state index in [9.17, 15) is 0 Å². The monoisotopic (exact) mass is 232 g/mol. The van der Waals surface area contributed by atoms with Crippen LogP contribution in [0.5, 0.6) is 0 Å². The fourth-order valence-corrected chi connectivity index (χ4v) is 2.06. The van der Waals surface area contributed by atoms with E-state index in [1.54, 1.807) is 0 Å². The molecule has 0 aliphatic heterocycles. The van der Waals surface area contributed by atoms with E-state index in [0.717, 1.165) is 10.7 Å². The van der Waals surface area contributed by atoms with Gasteiger partial charge in [0.15, 0.2) is 0 Å². The molecule has 1 aliphatic rings. The van der Waals surface area contributed by atoms with E-state index >= 15 is 0 Å². The molecule has 0 amide bonds. The Morgan fingerprint density at radius 2 is 2.12 bits per heavy atom. The van der Waals surface area contributed by atoms with E-state index in [2.05, 4.69) is 18.1 Å². The third-order valence-corrected chi connectivity index (χ3v) is 3.26. The Morgan fingerprint density at radius 3 is 2.88 bits per heavy atom. The minimum absolute atomic E-state index is 0.695. The minimum atomic E-state index is 0.695. The molecule has 2 aromatic rings. The summed E-state index contributed by atoms with van der Waals surface area (Å²) >= 11 is 6.01. The Labute approximate surface area is 99.9 Å². The van der Waals surface area contributed by atoms with Crippen LogP contribution in [0.25, 0.3) is 5.69 Å². The SMILES string of the molecule is Cc1ccc(Cl)cc1-n1ccc(C2CC2)n1. The summed E-state index contributed by atoms with van der Waals surface area (Å²) in [6.45, 7) is 2.07. The van der Waals surface area contributed by atoms with E-state index in [0.29, 0.717) is 5.92 Å². The zero-order chi connectivity index (χ0) is 11.1. The van der Waals surface area contributed by atoms with Gasteiger partial charge in [-0.2, -0.15) is 5.10 Å². The smallest absolute Gasteiger partial charge is 0.0689 e. The Balaban J connectivity index is 2.03. The Morgan fingerprint density at radius 1 is 1.31 bits per heavy atom. The van der Waals surface area contributed by atoms with Crippen LogP contribution in [-0.4, -0.2) is 9.78 Å². The summed E-state index contributed by atoms with van der Waals surface area (Å²) in [6.07, 6.45) is 4.59. The summed E-state index contributed by atoms with van der Waals surface area (Å²) < 4.78 is 1.93. The largest absolute Gasteiger partial charge is 0.240 e. The second-order valence-electron chi connectivity index (χ2n) is 4.39. The van der Waals surface area contributed by atoms with E-state index in [-0.39, 0.29) is 0 Å². The van der Waals surface area contributed by atoms with Gasteiger partial charge in [-0.25, -0.2) is 4.68 Å². The maximum absolute atomic E-state index is 6.01. The first kappa shape index (κ1) is 9.91. The number of hydrogen-bond acceptors (Lipinski definition) is 1. The van der Waals surface area contributed by atoms with Gasteiger partial charge in [0, 0.05) is 17.1 Å². The molecule has 0 saturated heterocycles. The molecule has 2 nitrogen and oxygen atoms in total. The van der Waals surface area contributed by atoms with Crippen molar-refractivity contribution in [3.05, 3.63) is 46.7 Å². The van der Waals surface area contributed by atoms with Gasteiger partial charge in [-0.15, -0.1) is 0 Å². The van der Waals surface area contributed by atoms with Crippen LogP contribution in [0, 0.1) is 6.92 Å². The molecule has 3 rings (SSSR count). The summed E-state index contributed by atoms with van der Waals surface area (Å²) in [5, 5.41) is 5.36. The molecule has 0 unspecified atom stereocenters. The molecule has 0 N–H and O–H groups in total. The van der Waals surface area contributed by atoms with Gasteiger partial charge in [-0.05, 0) is 43.5 Å². The molecule has 0 atom stereocenters. The summed E-state index contributed by atoms with van der Waals surface area (Å²) in [5.41, 5.74) is 3.47. The summed E-state index contributed by atoms with van der Waals surface area (Å²) in [7, 11) is 0. The summed E-state index contributed by atoms with van der Waals surface area (Å²) in [4.78, 5) is 0. The lowest BCUT2D eigenvalue weighted by molar-refractivity contribution is 0.832. The van der Waals surface area contributed by atoms with Crippen molar-refractivity contribution in [2.75, 3.05) is 0 Å². The van der Waals surface area contributed by atoms with Crippen LogP contribution >= 0.6 is 11.6 Å². The zero-order valence-electron chi connectivity index (χ0n) is 9.15. The van der Waals surface area contributed by atoms with Gasteiger partial charge in [0.2, 0.25) is 0 Å². The predicted octanol–water partition coefficient (Wildman–Crippen LogP) is 3.71. The quantitative estimate of drug-likeness (QED) is 0.772. The molecule has 82 valence electrons. The van der Waals surface area contributed by atoms with Crippen LogP contribution in [0.1, 0.15) is 30.0 Å². The molecule has 16 heavy (non-hydrogen) atoms. The zero-order valence-corrected chi connectivity index (χ0v) is 9.91. The van der Waals surface area contributed by atoms with Gasteiger partial charge < -0.3 is 0 Å². The highest BCUT2D eigenvalue weighted by molar-refractivity contribution is 6.30. The number of rotatable bonds is 2. The molecule has 1 aromatic carbocycles. The van der Waals surface area contributed by atoms with Crippen molar-refractivity contribution in [1.82, 2.24) is 9.78 Å². The molecule has 0 spiro atoms. The number of hydrogen-bond donors (Lipinski definition) is 0. The van der Waals surface area contributed by atoms with E-state index in [1.165, 1.54) is 24.1 Å². The molecule has 0 radical (unpaired) electrons. The normalized spacial score (nSPS) is 15.4. The topological polar surface area (TPSA) is 17.8 Å². The third kappa shape index (κ3) is 1.74. The van der Waals surface area contributed by atoms with Crippen molar-refractivity contribution in [3.8, 4) is 5.69 Å². The molecule has 1 fully saturated rings. The first-order valence-electron chi connectivity index (χ1n) is 5.56. The summed E-state index contributed by atoms with van der Waals surface area (Å²) in [5.74, 6) is 0.695. The number of benzene rings is 1. The van der Waals surface area contributed by atoms with Crippen LogP contribution in [0.2, 0.25) is 5.02 Å². The molecule has 1 aliphatic carbocycles. The highest BCUT2D eigenvalue weighted by Gasteiger charge is 2.25. The fraction of sp³-hybridized carbons (Fsp3) is 0.308. The van der Waals surface area contributed by atoms with Crippen molar-refractivity contribution < 1.29 is 0 Å². The molecule has 1 saturated carbocycles. The number of aromatic nitrogens is 2. The van der Waals surface area contributed by atoms with E-state index in [1.807, 2.05) is 29.1 Å². The lowest BCUT2D eigenvalue weighted by atomic mass is 10.2. The minimum Gasteiger partial charge on any atom is -0.240 e. The Kier molecular flexibility index (Phi) is 2.25. The summed E-state index contributed by atoms with van der Waals surface area (Å²) in [6, 6.07) is 8.00. The lowest BCUT2D eigenvalue weighted by Crippen LogP contribution is -1.98. The Bertz CT molecular complexity index is 526. The highest BCUT2D eigenvalue weighted by Crippen LogP contribution is 2.39. The van der Waals surface area contributed by atoms with Crippen LogP contribution in [0.3, 0.4) is 0 Å². The first-order chi connectivity index (χ1) is 7.74. The van der Waals surface area contributed by atoms with Gasteiger partial charge in [0.1, 0.15) is 0 Å². The van der Waals surface area contributed by atoms with Crippen molar-refractivity contribution in [2.45, 2.75) is 25.7 Å². The number of halogens is 1. The van der Waals surface area contributed by atoms with Gasteiger partial charge in [-0.3, -0.25) is 0 Å². The standard InChI is InChI=1S/C13H13ClN2/c1-9-2-5-11(14)8-13(9)16-7-6-12(15-16)10-3-4-10/h2,5-8,10H,3-4H2,1H3. The molecular weight excluding hydrogens is 220 g/mol. The molecular formula is C13H13ClN2. The predicted molar refractivity (Wildman–Crippen MR) is 65.3 cm³/mol. The second-order valence-corrected chi connectivity index (χ2v) is 4.83. The Hall–Kier alpha value is -1.28. The van der Waals surface area contributed by atoms with Crippen molar-refractivity contribution >= 4 is 11.6 Å². The molecule has 1 aromatic heterocycles. The van der Waals surface area contributed by atoms with Crippen molar-refractivity contribution in [1.29, 1.82) is 0 Å². The van der Waals surface area contributed by atoms with Gasteiger partial charge in [-0.1, -0.05) is 17.7 Å². The lowest BCUT2D eigenvalue weighted by Gasteiger charge is -2.05. The molecule has 0 bridgehead atoms. The van der Waals surface area contributed by atoms with Crippen LogP contribution < -0.4 is 0 Å². The average molecular weight is 233 g/mol. The van der Waals surface area contributed by atoms with Gasteiger partial charge in [0.25, 0.3) is 0 Å². The maximum Gasteiger partial charge on any atom is 0.0689 e. The second kappa shape index (κ2) is 3.63.